The smallest absolute Gasteiger partial charge is 0.422 e. The van der Waals surface area contributed by atoms with Crippen LogP contribution in [0.2, 0.25) is 5.02 Å². The molecule has 1 fully saturated rings. The molecular formula is C21H24ClF3N4O2. The van der Waals surface area contributed by atoms with Gasteiger partial charge in [-0.1, -0.05) is 35.9 Å². The Bertz CT molecular complexity index is 885. The molecule has 0 bridgehead atoms. The van der Waals surface area contributed by atoms with Crippen LogP contribution in [-0.2, 0) is 13.1 Å². The van der Waals surface area contributed by atoms with Crippen molar-refractivity contribution in [3.63, 3.8) is 0 Å². The highest BCUT2D eigenvalue weighted by molar-refractivity contribution is 6.32. The lowest BCUT2D eigenvalue weighted by molar-refractivity contribution is -0.154. The van der Waals surface area contributed by atoms with Crippen molar-refractivity contribution in [2.45, 2.75) is 19.3 Å². The number of rotatable bonds is 7. The summed E-state index contributed by atoms with van der Waals surface area (Å²) >= 11 is 5.88. The second kappa shape index (κ2) is 10.3. The number of nitrogens with zero attached hydrogens (tertiary/aromatic N) is 3. The quantitative estimate of drug-likeness (QED) is 0.692. The number of carbonyl (C=O) groups is 1. The lowest BCUT2D eigenvalue weighted by Crippen LogP contribution is -2.43. The molecule has 31 heavy (non-hydrogen) atoms. The molecule has 0 aliphatic carbocycles. The van der Waals surface area contributed by atoms with Gasteiger partial charge in [-0.2, -0.15) is 13.2 Å². The lowest BCUT2D eigenvalue weighted by atomic mass is 10.1. The minimum absolute atomic E-state index is 0.135. The molecule has 1 amide bonds. The molecule has 10 heteroatoms. The van der Waals surface area contributed by atoms with E-state index in [2.05, 4.69) is 31.9 Å². The van der Waals surface area contributed by atoms with Gasteiger partial charge in [0.25, 0.3) is 5.91 Å². The van der Waals surface area contributed by atoms with Crippen molar-refractivity contribution in [1.82, 2.24) is 20.1 Å². The summed E-state index contributed by atoms with van der Waals surface area (Å²) in [6.45, 7) is 3.92. The highest BCUT2D eigenvalue weighted by atomic mass is 35.5. The van der Waals surface area contributed by atoms with Crippen LogP contribution in [-0.4, -0.2) is 66.7 Å². The number of ether oxygens (including phenoxy) is 1. The van der Waals surface area contributed by atoms with Crippen LogP contribution < -0.4 is 10.1 Å². The zero-order valence-corrected chi connectivity index (χ0v) is 17.8. The zero-order chi connectivity index (χ0) is 22.4. The van der Waals surface area contributed by atoms with E-state index in [4.69, 9.17) is 11.6 Å². The van der Waals surface area contributed by atoms with Crippen LogP contribution in [0.4, 0.5) is 13.2 Å². The maximum absolute atomic E-state index is 12.3. The average Bonchev–Trinajstić information content (AvgIpc) is 2.73. The first-order chi connectivity index (χ1) is 14.7. The molecule has 0 atom stereocenters. The lowest BCUT2D eigenvalue weighted by Gasteiger charge is -2.32. The fraction of sp³-hybridized carbons (Fsp3) is 0.429. The normalized spacial score (nSPS) is 15.6. The van der Waals surface area contributed by atoms with Gasteiger partial charge in [0.2, 0.25) is 5.88 Å². The van der Waals surface area contributed by atoms with E-state index >= 15 is 0 Å². The van der Waals surface area contributed by atoms with Crippen LogP contribution in [0.25, 0.3) is 0 Å². The largest absolute Gasteiger partial charge is 0.467 e. The Morgan fingerprint density at radius 3 is 2.42 bits per heavy atom. The van der Waals surface area contributed by atoms with E-state index in [1.807, 2.05) is 24.3 Å². The summed E-state index contributed by atoms with van der Waals surface area (Å²) < 4.78 is 41.2. The van der Waals surface area contributed by atoms with Gasteiger partial charge in [-0.25, -0.2) is 4.98 Å². The summed E-state index contributed by atoms with van der Waals surface area (Å²) in [5, 5.41) is 2.59. The second-order valence-corrected chi connectivity index (χ2v) is 7.90. The van der Waals surface area contributed by atoms with Gasteiger partial charge in [0, 0.05) is 45.5 Å². The van der Waals surface area contributed by atoms with Gasteiger partial charge in [-0.05, 0) is 24.2 Å². The molecule has 0 radical (unpaired) electrons. The van der Waals surface area contributed by atoms with Crippen molar-refractivity contribution in [3.05, 3.63) is 58.2 Å². The fourth-order valence-corrected chi connectivity index (χ4v) is 3.34. The average molecular weight is 457 g/mol. The Kier molecular flexibility index (Phi) is 7.74. The molecule has 1 aliphatic rings. The van der Waals surface area contributed by atoms with Crippen LogP contribution in [0.3, 0.4) is 0 Å². The molecule has 2 aromatic rings. The van der Waals surface area contributed by atoms with Crippen LogP contribution in [0, 0.1) is 0 Å². The van der Waals surface area contributed by atoms with Crippen molar-refractivity contribution >= 4 is 17.5 Å². The van der Waals surface area contributed by atoms with Crippen LogP contribution in [0.5, 0.6) is 5.88 Å². The predicted molar refractivity (Wildman–Crippen MR) is 111 cm³/mol. The van der Waals surface area contributed by atoms with Gasteiger partial charge in [-0.15, -0.1) is 0 Å². The molecule has 1 N–H and O–H groups in total. The number of aromatic nitrogens is 1. The standard InChI is InChI=1S/C21H24ClF3N4O2/c1-28-6-8-29(9-7-28)13-16-4-2-15(3-5-16)11-26-19(30)17-10-18(22)20(27-12-17)31-14-21(23,24)25/h2-5,10,12H,6-9,11,13-14H2,1H3,(H,26,30). The Labute approximate surface area is 183 Å². The van der Waals surface area contributed by atoms with Crippen LogP contribution in [0.1, 0.15) is 21.5 Å². The molecule has 3 rings (SSSR count). The number of halogens is 4. The summed E-state index contributed by atoms with van der Waals surface area (Å²) in [7, 11) is 2.13. The van der Waals surface area contributed by atoms with E-state index in [0.29, 0.717) is 6.54 Å². The van der Waals surface area contributed by atoms with E-state index < -0.39 is 18.7 Å². The molecule has 0 unspecified atom stereocenters. The predicted octanol–water partition coefficient (Wildman–Crippen LogP) is 3.35. The third-order valence-electron chi connectivity index (χ3n) is 4.92. The van der Waals surface area contributed by atoms with E-state index in [1.54, 1.807) is 0 Å². The van der Waals surface area contributed by atoms with Gasteiger partial charge in [0.1, 0.15) is 5.02 Å². The molecule has 6 nitrogen and oxygen atoms in total. The number of likely N-dealkylation sites (N-methyl/N-ethyl adjacent to an activating group) is 1. The van der Waals surface area contributed by atoms with Crippen LogP contribution in [0.15, 0.2) is 36.5 Å². The third-order valence-corrected chi connectivity index (χ3v) is 5.19. The van der Waals surface area contributed by atoms with Gasteiger partial charge in [0.05, 0.1) is 5.56 Å². The van der Waals surface area contributed by atoms with Crippen molar-refractivity contribution in [2.75, 3.05) is 39.8 Å². The van der Waals surface area contributed by atoms with E-state index in [9.17, 15) is 18.0 Å². The van der Waals surface area contributed by atoms with Gasteiger partial charge in [0.15, 0.2) is 6.61 Å². The summed E-state index contributed by atoms with van der Waals surface area (Å²) in [5.41, 5.74) is 2.28. The Balaban J connectivity index is 1.49. The molecule has 0 saturated carbocycles. The summed E-state index contributed by atoms with van der Waals surface area (Å²) in [4.78, 5) is 20.7. The number of hydrogen-bond acceptors (Lipinski definition) is 5. The first kappa shape index (κ1) is 23.3. The van der Waals surface area contributed by atoms with Gasteiger partial charge >= 0.3 is 6.18 Å². The van der Waals surface area contributed by atoms with E-state index in [-0.39, 0.29) is 16.5 Å². The SMILES string of the molecule is CN1CCN(Cc2ccc(CNC(=O)c3cnc(OCC(F)(F)F)c(Cl)c3)cc2)CC1. The zero-order valence-electron chi connectivity index (χ0n) is 17.1. The Morgan fingerprint density at radius 1 is 1.16 bits per heavy atom. The number of piperazine rings is 1. The van der Waals surface area contributed by atoms with Gasteiger partial charge in [-0.3, -0.25) is 9.69 Å². The molecule has 2 heterocycles. The first-order valence-corrected chi connectivity index (χ1v) is 10.2. The van der Waals surface area contributed by atoms with Gasteiger partial charge < -0.3 is 15.0 Å². The molecule has 1 aromatic heterocycles. The topological polar surface area (TPSA) is 57.7 Å². The molecule has 1 aliphatic heterocycles. The first-order valence-electron chi connectivity index (χ1n) is 9.81. The third kappa shape index (κ3) is 7.37. The van der Waals surface area contributed by atoms with E-state index in [1.165, 1.54) is 11.6 Å². The van der Waals surface area contributed by atoms with Crippen LogP contribution >= 0.6 is 11.6 Å². The second-order valence-electron chi connectivity index (χ2n) is 7.49. The fourth-order valence-electron chi connectivity index (χ4n) is 3.12. The van der Waals surface area contributed by atoms with E-state index in [0.717, 1.165) is 44.5 Å². The van der Waals surface area contributed by atoms with Crippen molar-refractivity contribution < 1.29 is 22.7 Å². The molecule has 1 saturated heterocycles. The number of carbonyl (C=O) groups excluding carboxylic acids is 1. The number of pyridine rings is 1. The maximum atomic E-state index is 12.3. The number of benzene rings is 1. The van der Waals surface area contributed by atoms with Crippen molar-refractivity contribution in [2.24, 2.45) is 0 Å². The molecule has 168 valence electrons. The number of amides is 1. The maximum Gasteiger partial charge on any atom is 0.422 e. The van der Waals surface area contributed by atoms with Crippen molar-refractivity contribution in [3.8, 4) is 5.88 Å². The number of nitrogens with one attached hydrogen (secondary N) is 1. The minimum Gasteiger partial charge on any atom is -0.467 e. The summed E-state index contributed by atoms with van der Waals surface area (Å²) in [6, 6.07) is 9.25. The Hall–Kier alpha value is -2.36. The van der Waals surface area contributed by atoms with Crippen molar-refractivity contribution in [1.29, 1.82) is 0 Å². The molecular weight excluding hydrogens is 433 g/mol. The highest BCUT2D eigenvalue weighted by Crippen LogP contribution is 2.25. The summed E-state index contributed by atoms with van der Waals surface area (Å²) in [6.07, 6.45) is -3.37. The molecule has 0 spiro atoms. The number of alkyl halides is 3. The Morgan fingerprint density at radius 2 is 1.81 bits per heavy atom. The number of hydrogen-bond donors (Lipinski definition) is 1. The highest BCUT2D eigenvalue weighted by Gasteiger charge is 2.29. The monoisotopic (exact) mass is 456 g/mol. The minimum atomic E-state index is -4.50. The molecule has 1 aromatic carbocycles. The summed E-state index contributed by atoms with van der Waals surface area (Å²) in [5.74, 6) is -0.801.